The molecule has 1 aliphatic rings. The maximum atomic E-state index is 3.28. The molecule has 1 heterocycles. The number of rotatable bonds is 5. The Bertz CT molecular complexity index is 569. The van der Waals surface area contributed by atoms with Crippen LogP contribution in [0.5, 0.6) is 0 Å². The molecule has 3 heteroatoms. The van der Waals surface area contributed by atoms with Gasteiger partial charge in [0.1, 0.15) is 0 Å². The molecule has 0 aliphatic carbocycles. The molecule has 2 unspecified atom stereocenters. The largest absolute Gasteiger partial charge is 0.313 e. The van der Waals surface area contributed by atoms with Gasteiger partial charge in [-0.15, -0.1) is 23.5 Å². The van der Waals surface area contributed by atoms with E-state index in [1.165, 1.54) is 33.1 Å². The maximum absolute atomic E-state index is 3.28. The van der Waals surface area contributed by atoms with E-state index >= 15 is 0 Å². The average molecular weight is 316 g/mol. The Morgan fingerprint density at radius 3 is 2.67 bits per heavy atom. The Kier molecular flexibility index (Phi) is 4.94. The summed E-state index contributed by atoms with van der Waals surface area (Å²) in [5.74, 6) is 1.18. The van der Waals surface area contributed by atoms with Crippen LogP contribution in [0.15, 0.2) is 58.3 Å². The Morgan fingerprint density at radius 1 is 1.19 bits per heavy atom. The highest BCUT2D eigenvalue weighted by molar-refractivity contribution is 8.03. The summed E-state index contributed by atoms with van der Waals surface area (Å²) in [7, 11) is 2.00. The number of thioether (sulfide) groups is 2. The third-order valence-electron chi connectivity index (χ3n) is 3.96. The van der Waals surface area contributed by atoms with Gasteiger partial charge in [-0.25, -0.2) is 0 Å². The van der Waals surface area contributed by atoms with E-state index in [1.807, 2.05) is 30.6 Å². The predicted molar refractivity (Wildman–Crippen MR) is 94.4 cm³/mol. The molecule has 21 heavy (non-hydrogen) atoms. The van der Waals surface area contributed by atoms with E-state index in [-0.39, 0.29) is 0 Å². The summed E-state index contributed by atoms with van der Waals surface area (Å²) >= 11 is 4.01. The zero-order chi connectivity index (χ0) is 14.7. The number of hydrogen-bond acceptors (Lipinski definition) is 3. The topological polar surface area (TPSA) is 12.0 Å². The lowest BCUT2D eigenvalue weighted by atomic mass is 10.1. The van der Waals surface area contributed by atoms with Crippen LogP contribution in [0.2, 0.25) is 0 Å². The van der Waals surface area contributed by atoms with E-state index in [0.717, 1.165) is 0 Å². The Hall–Kier alpha value is -0.900. The lowest BCUT2D eigenvalue weighted by molar-refractivity contribution is 0.652. The van der Waals surface area contributed by atoms with Crippen molar-refractivity contribution in [3.8, 4) is 0 Å². The Morgan fingerprint density at radius 2 is 1.95 bits per heavy atom. The molecule has 0 bridgehead atoms. The summed E-state index contributed by atoms with van der Waals surface area (Å²) in [5.41, 5.74) is 2.87. The molecular formula is C18H21NS2. The molecule has 1 aliphatic heterocycles. The highest BCUT2D eigenvalue weighted by atomic mass is 32.2. The van der Waals surface area contributed by atoms with Crippen molar-refractivity contribution < 1.29 is 0 Å². The molecule has 2 aromatic carbocycles. The molecule has 2 atom stereocenters. The summed E-state index contributed by atoms with van der Waals surface area (Å²) in [6, 6.07) is 18.2. The number of nitrogens with one attached hydrogen (secondary N) is 1. The van der Waals surface area contributed by atoms with Crippen molar-refractivity contribution in [3.63, 3.8) is 0 Å². The second-order valence-corrected chi connectivity index (χ2v) is 7.88. The molecule has 2 aromatic rings. The molecule has 0 spiro atoms. The van der Waals surface area contributed by atoms with Gasteiger partial charge in [0.25, 0.3) is 0 Å². The summed E-state index contributed by atoms with van der Waals surface area (Å²) < 4.78 is 0. The summed E-state index contributed by atoms with van der Waals surface area (Å²) in [6.45, 7) is 2.19. The van der Waals surface area contributed by atoms with Crippen LogP contribution in [-0.2, 0) is 6.42 Å². The second-order valence-electron chi connectivity index (χ2n) is 5.44. The molecule has 0 radical (unpaired) electrons. The van der Waals surface area contributed by atoms with Gasteiger partial charge in [-0.05, 0) is 49.7 Å². The Balaban J connectivity index is 1.55. The minimum atomic E-state index is 0.420. The first kappa shape index (κ1) is 15.0. The van der Waals surface area contributed by atoms with Crippen LogP contribution in [0.4, 0.5) is 0 Å². The third-order valence-corrected chi connectivity index (χ3v) is 6.67. The highest BCUT2D eigenvalue weighted by Crippen LogP contribution is 2.39. The van der Waals surface area contributed by atoms with Crippen LogP contribution in [0, 0.1) is 0 Å². The van der Waals surface area contributed by atoms with Crippen molar-refractivity contribution in [2.24, 2.45) is 0 Å². The van der Waals surface area contributed by atoms with Gasteiger partial charge in [0.2, 0.25) is 0 Å². The average Bonchev–Trinajstić information content (AvgIpc) is 2.95. The fraction of sp³-hybridized carbons (Fsp3) is 0.333. The van der Waals surface area contributed by atoms with Crippen LogP contribution >= 0.6 is 23.5 Å². The van der Waals surface area contributed by atoms with Gasteiger partial charge >= 0.3 is 0 Å². The first-order valence-electron chi connectivity index (χ1n) is 7.41. The number of hydrogen-bond donors (Lipinski definition) is 1. The van der Waals surface area contributed by atoms with Crippen LogP contribution in [-0.4, -0.2) is 18.1 Å². The number of benzene rings is 2. The molecular weight excluding hydrogens is 294 g/mol. The summed E-state index contributed by atoms with van der Waals surface area (Å²) in [5, 5.41) is 3.99. The second kappa shape index (κ2) is 6.91. The molecule has 110 valence electrons. The molecule has 1 N–H and O–H groups in total. The maximum Gasteiger partial charge on any atom is 0.0289 e. The summed E-state index contributed by atoms with van der Waals surface area (Å²) in [6.07, 6.45) is 1.21. The SMILES string of the molecule is CNC(C)c1ccc(SCC2Cc3ccccc3S2)cc1. The smallest absolute Gasteiger partial charge is 0.0289 e. The highest BCUT2D eigenvalue weighted by Gasteiger charge is 2.21. The van der Waals surface area contributed by atoms with E-state index in [4.69, 9.17) is 0 Å². The van der Waals surface area contributed by atoms with E-state index in [2.05, 4.69) is 60.8 Å². The van der Waals surface area contributed by atoms with Crippen LogP contribution < -0.4 is 5.32 Å². The van der Waals surface area contributed by atoms with Crippen LogP contribution in [0.25, 0.3) is 0 Å². The van der Waals surface area contributed by atoms with Crippen molar-refractivity contribution in [3.05, 3.63) is 59.7 Å². The van der Waals surface area contributed by atoms with Crippen LogP contribution in [0.3, 0.4) is 0 Å². The molecule has 0 saturated heterocycles. The summed E-state index contributed by atoms with van der Waals surface area (Å²) in [4.78, 5) is 2.85. The van der Waals surface area contributed by atoms with E-state index in [0.29, 0.717) is 11.3 Å². The van der Waals surface area contributed by atoms with Gasteiger partial charge < -0.3 is 5.32 Å². The van der Waals surface area contributed by atoms with Crippen molar-refractivity contribution in [1.29, 1.82) is 0 Å². The zero-order valence-corrected chi connectivity index (χ0v) is 14.1. The minimum absolute atomic E-state index is 0.420. The number of fused-ring (bicyclic) bond motifs is 1. The molecule has 3 rings (SSSR count). The van der Waals surface area contributed by atoms with Crippen molar-refractivity contribution >= 4 is 23.5 Å². The fourth-order valence-electron chi connectivity index (χ4n) is 2.56. The first-order valence-corrected chi connectivity index (χ1v) is 9.27. The van der Waals surface area contributed by atoms with Crippen LogP contribution in [0.1, 0.15) is 24.1 Å². The quantitative estimate of drug-likeness (QED) is 0.798. The van der Waals surface area contributed by atoms with Crippen molar-refractivity contribution in [2.75, 3.05) is 12.8 Å². The monoisotopic (exact) mass is 315 g/mol. The van der Waals surface area contributed by atoms with Gasteiger partial charge in [-0.3, -0.25) is 0 Å². The van der Waals surface area contributed by atoms with Gasteiger partial charge in [0, 0.05) is 26.8 Å². The van der Waals surface area contributed by atoms with Crippen molar-refractivity contribution in [1.82, 2.24) is 5.32 Å². The molecule has 0 aromatic heterocycles. The van der Waals surface area contributed by atoms with E-state index < -0.39 is 0 Å². The van der Waals surface area contributed by atoms with Gasteiger partial charge in [-0.1, -0.05) is 30.3 Å². The van der Waals surface area contributed by atoms with Gasteiger partial charge in [0.05, 0.1) is 0 Å². The van der Waals surface area contributed by atoms with E-state index in [9.17, 15) is 0 Å². The van der Waals surface area contributed by atoms with Crippen molar-refractivity contribution in [2.45, 2.75) is 34.4 Å². The fourth-order valence-corrected chi connectivity index (χ4v) is 4.94. The standard InChI is InChI=1S/C18H21NS2/c1-13(19-2)14-7-9-16(10-8-14)20-12-17-11-15-5-3-4-6-18(15)21-17/h3-10,13,17,19H,11-12H2,1-2H3. The van der Waals surface area contributed by atoms with Gasteiger partial charge in [-0.2, -0.15) is 0 Å². The Labute approximate surface area is 135 Å². The minimum Gasteiger partial charge on any atom is -0.313 e. The molecule has 0 amide bonds. The molecule has 1 nitrogen and oxygen atoms in total. The first-order chi connectivity index (χ1) is 10.3. The lowest BCUT2D eigenvalue weighted by Gasteiger charge is -2.12. The van der Waals surface area contributed by atoms with E-state index in [1.54, 1.807) is 0 Å². The van der Waals surface area contributed by atoms with Gasteiger partial charge in [0.15, 0.2) is 0 Å². The zero-order valence-electron chi connectivity index (χ0n) is 12.5. The normalized spacial score (nSPS) is 18.5. The predicted octanol–water partition coefficient (Wildman–Crippen LogP) is 4.78. The third kappa shape index (κ3) is 3.65. The molecule has 0 fully saturated rings. The molecule has 0 saturated carbocycles. The lowest BCUT2D eigenvalue weighted by Crippen LogP contribution is -2.11.